The molecule has 1 N–H and O–H groups in total. The molecule has 1 aliphatic heterocycles. The zero-order valence-corrected chi connectivity index (χ0v) is 11.9. The molecule has 88 valence electrons. The summed E-state index contributed by atoms with van der Waals surface area (Å²) in [5.74, 6) is 2.63. The van der Waals surface area contributed by atoms with E-state index < -0.39 is 0 Å². The molecule has 1 atom stereocenters. The van der Waals surface area contributed by atoms with Crippen molar-refractivity contribution in [2.24, 2.45) is 5.92 Å². The van der Waals surface area contributed by atoms with Crippen molar-refractivity contribution in [3.63, 3.8) is 0 Å². The second-order valence-corrected chi connectivity index (χ2v) is 5.88. The van der Waals surface area contributed by atoms with Gasteiger partial charge in [-0.25, -0.2) is 0 Å². The maximum absolute atomic E-state index is 12.0. The van der Waals surface area contributed by atoms with Crippen molar-refractivity contribution < 1.29 is 4.79 Å². The van der Waals surface area contributed by atoms with E-state index in [0.29, 0.717) is 0 Å². The second kappa shape index (κ2) is 6.14. The summed E-state index contributed by atoms with van der Waals surface area (Å²) in [7, 11) is 0. The smallest absolute Gasteiger partial charge is 0.224 e. The molecule has 1 heterocycles. The quantitative estimate of drug-likeness (QED) is 0.790. The Labute approximate surface area is 105 Å². The molecule has 1 aliphatic rings. The largest absolute Gasteiger partial charge is 0.350 e. The van der Waals surface area contributed by atoms with Crippen LogP contribution in [0.5, 0.6) is 0 Å². The number of thioether (sulfide) groups is 1. The van der Waals surface area contributed by atoms with E-state index in [2.05, 4.69) is 35.1 Å². The molecule has 1 unspecified atom stereocenters. The normalized spacial score (nSPS) is 21.7. The number of halogens is 1. The number of alkyl halides is 1. The van der Waals surface area contributed by atoms with E-state index in [0.717, 1.165) is 36.1 Å². The summed E-state index contributed by atoms with van der Waals surface area (Å²) in [6.07, 6.45) is 3.02. The minimum atomic E-state index is -0.0374. The Balaban J connectivity index is 2.53. The van der Waals surface area contributed by atoms with Crippen LogP contribution in [0, 0.1) is 5.92 Å². The first-order valence-corrected chi connectivity index (χ1v) is 7.90. The number of nitrogens with one attached hydrogen (secondary N) is 1. The van der Waals surface area contributed by atoms with Crippen LogP contribution in [-0.4, -0.2) is 28.3 Å². The summed E-state index contributed by atoms with van der Waals surface area (Å²) in [6, 6.07) is 0. The van der Waals surface area contributed by atoms with Crippen LogP contribution in [0.3, 0.4) is 0 Å². The van der Waals surface area contributed by atoms with Crippen molar-refractivity contribution in [3.05, 3.63) is 0 Å². The summed E-state index contributed by atoms with van der Waals surface area (Å²) in [6.45, 7) is 4.27. The topological polar surface area (TPSA) is 29.1 Å². The highest BCUT2D eigenvalue weighted by molar-refractivity contribution is 9.09. The van der Waals surface area contributed by atoms with Crippen molar-refractivity contribution in [1.29, 1.82) is 0 Å². The fraction of sp³-hybridized carbons (Fsp3) is 0.909. The minimum Gasteiger partial charge on any atom is -0.350 e. The summed E-state index contributed by atoms with van der Waals surface area (Å²) in [4.78, 5) is 12.0. The molecule has 1 fully saturated rings. The summed E-state index contributed by atoms with van der Waals surface area (Å²) in [5.41, 5.74) is -0.0374. The van der Waals surface area contributed by atoms with E-state index in [1.165, 1.54) is 0 Å². The molecular formula is C11H20BrNOS. The SMILES string of the molecule is CCC(CC)(CBr)NC(=O)C1CCSC1. The van der Waals surface area contributed by atoms with E-state index in [4.69, 9.17) is 0 Å². The lowest BCUT2D eigenvalue weighted by molar-refractivity contribution is -0.126. The van der Waals surface area contributed by atoms with Gasteiger partial charge in [-0.3, -0.25) is 4.79 Å². The van der Waals surface area contributed by atoms with Crippen LogP contribution in [-0.2, 0) is 4.79 Å². The third-order valence-corrected chi connectivity index (χ3v) is 5.53. The first kappa shape index (κ1) is 13.4. The molecule has 0 aromatic heterocycles. The number of carbonyl (C=O) groups is 1. The van der Waals surface area contributed by atoms with Gasteiger partial charge in [-0.1, -0.05) is 29.8 Å². The fourth-order valence-electron chi connectivity index (χ4n) is 1.75. The Hall–Kier alpha value is 0.300. The van der Waals surface area contributed by atoms with Crippen LogP contribution in [0.2, 0.25) is 0 Å². The van der Waals surface area contributed by atoms with Gasteiger partial charge < -0.3 is 5.32 Å². The minimum absolute atomic E-state index is 0.0374. The van der Waals surface area contributed by atoms with Crippen LogP contribution in [0.4, 0.5) is 0 Å². The number of carbonyl (C=O) groups excluding carboxylic acids is 1. The Morgan fingerprint density at radius 1 is 1.53 bits per heavy atom. The summed E-state index contributed by atoms with van der Waals surface area (Å²) >= 11 is 5.40. The highest BCUT2D eigenvalue weighted by Gasteiger charge is 2.31. The zero-order valence-electron chi connectivity index (χ0n) is 9.51. The predicted molar refractivity (Wildman–Crippen MR) is 70.7 cm³/mol. The summed E-state index contributed by atoms with van der Waals surface area (Å²) in [5, 5.41) is 4.07. The van der Waals surface area contributed by atoms with Crippen LogP contribution >= 0.6 is 27.7 Å². The number of amides is 1. The molecule has 2 nitrogen and oxygen atoms in total. The molecule has 1 rings (SSSR count). The van der Waals surface area contributed by atoms with E-state index >= 15 is 0 Å². The van der Waals surface area contributed by atoms with Gasteiger partial charge in [0.2, 0.25) is 5.91 Å². The second-order valence-electron chi connectivity index (χ2n) is 4.17. The fourth-order valence-corrected chi connectivity index (χ4v) is 3.91. The molecule has 1 saturated heterocycles. The lowest BCUT2D eigenvalue weighted by atomic mass is 9.94. The number of rotatable bonds is 5. The maximum Gasteiger partial charge on any atom is 0.224 e. The van der Waals surface area contributed by atoms with Crippen molar-refractivity contribution in [2.45, 2.75) is 38.6 Å². The first-order valence-electron chi connectivity index (χ1n) is 5.63. The van der Waals surface area contributed by atoms with Gasteiger partial charge in [0.05, 0.1) is 0 Å². The van der Waals surface area contributed by atoms with E-state index in [1.54, 1.807) is 0 Å². The van der Waals surface area contributed by atoms with Crippen LogP contribution < -0.4 is 5.32 Å². The summed E-state index contributed by atoms with van der Waals surface area (Å²) < 4.78 is 0. The molecule has 0 bridgehead atoms. The van der Waals surface area contributed by atoms with Gasteiger partial charge >= 0.3 is 0 Å². The van der Waals surface area contributed by atoms with Crippen molar-refractivity contribution >= 4 is 33.6 Å². The average molecular weight is 294 g/mol. The van der Waals surface area contributed by atoms with Gasteiger partial charge in [-0.15, -0.1) is 0 Å². The molecule has 1 amide bonds. The third kappa shape index (κ3) is 3.38. The van der Waals surface area contributed by atoms with E-state index in [-0.39, 0.29) is 17.4 Å². The van der Waals surface area contributed by atoms with Crippen LogP contribution in [0.25, 0.3) is 0 Å². The zero-order chi connectivity index (χ0) is 11.3. The van der Waals surface area contributed by atoms with E-state index in [1.807, 2.05) is 11.8 Å². The standard InChI is InChI=1S/C11H20BrNOS/c1-3-11(4-2,8-12)13-10(14)9-5-6-15-7-9/h9H,3-8H2,1-2H3,(H,13,14). The van der Waals surface area contributed by atoms with Gasteiger partial charge in [0.25, 0.3) is 0 Å². The maximum atomic E-state index is 12.0. The van der Waals surface area contributed by atoms with E-state index in [9.17, 15) is 4.79 Å². The van der Waals surface area contributed by atoms with Gasteiger partial charge in [-0.2, -0.15) is 11.8 Å². The van der Waals surface area contributed by atoms with Gasteiger partial charge in [0.1, 0.15) is 0 Å². The lowest BCUT2D eigenvalue weighted by Gasteiger charge is -2.32. The monoisotopic (exact) mass is 293 g/mol. The van der Waals surface area contributed by atoms with Gasteiger partial charge in [0.15, 0.2) is 0 Å². The first-order chi connectivity index (χ1) is 7.17. The van der Waals surface area contributed by atoms with Crippen molar-refractivity contribution in [3.8, 4) is 0 Å². The Bertz CT molecular complexity index is 204. The Kier molecular flexibility index (Phi) is 5.47. The molecule has 15 heavy (non-hydrogen) atoms. The molecule has 4 heteroatoms. The highest BCUT2D eigenvalue weighted by atomic mass is 79.9. The third-order valence-electron chi connectivity index (χ3n) is 3.30. The molecular weight excluding hydrogens is 274 g/mol. The van der Waals surface area contributed by atoms with Crippen LogP contribution in [0.1, 0.15) is 33.1 Å². The molecule has 0 spiro atoms. The Morgan fingerprint density at radius 2 is 2.20 bits per heavy atom. The van der Waals surface area contributed by atoms with Gasteiger partial charge in [-0.05, 0) is 25.0 Å². The average Bonchev–Trinajstić information content (AvgIpc) is 2.79. The molecule has 0 radical (unpaired) electrons. The van der Waals surface area contributed by atoms with Crippen molar-refractivity contribution in [2.75, 3.05) is 16.8 Å². The molecule has 0 aromatic rings. The molecule has 0 aromatic carbocycles. The Morgan fingerprint density at radius 3 is 2.60 bits per heavy atom. The van der Waals surface area contributed by atoms with Crippen LogP contribution in [0.15, 0.2) is 0 Å². The number of hydrogen-bond donors (Lipinski definition) is 1. The van der Waals surface area contributed by atoms with Crippen molar-refractivity contribution in [1.82, 2.24) is 5.32 Å². The molecule has 0 aliphatic carbocycles. The molecule has 0 saturated carbocycles. The van der Waals surface area contributed by atoms with Gasteiger partial charge in [0, 0.05) is 22.5 Å². The lowest BCUT2D eigenvalue weighted by Crippen LogP contribution is -2.51. The number of hydrogen-bond acceptors (Lipinski definition) is 2. The predicted octanol–water partition coefficient (Wildman–Crippen LogP) is 2.81. The highest BCUT2D eigenvalue weighted by Crippen LogP contribution is 2.25.